The minimum Gasteiger partial charge on any atom is -0.465 e. The van der Waals surface area contributed by atoms with Gasteiger partial charge in [0, 0.05) is 53.0 Å². The number of anilines is 1. The lowest BCUT2D eigenvalue weighted by Crippen LogP contribution is -2.45. The summed E-state index contributed by atoms with van der Waals surface area (Å²) in [5, 5.41) is 35.3. The number of H-pyrrole nitrogens is 2. The fourth-order valence-electron chi connectivity index (χ4n) is 9.14. The van der Waals surface area contributed by atoms with E-state index >= 15 is 0 Å². The number of amides is 5. The first-order valence-corrected chi connectivity index (χ1v) is 21.4. The molecule has 1 saturated heterocycles. The Kier molecular flexibility index (Phi) is 10.7. The quantitative estimate of drug-likeness (QED) is 0.0889. The van der Waals surface area contributed by atoms with Crippen molar-refractivity contribution in [1.82, 2.24) is 34.6 Å². The molecule has 8 aromatic rings. The molecule has 5 amide bonds. The third-order valence-corrected chi connectivity index (χ3v) is 12.4. The number of carboxylic acid groups (broad SMARTS) is 1. The van der Waals surface area contributed by atoms with E-state index in [1.54, 1.807) is 72.8 Å². The van der Waals surface area contributed by atoms with Crippen LogP contribution in [0.4, 0.5) is 15.5 Å². The fourth-order valence-corrected chi connectivity index (χ4v) is 9.14. The molecule has 17 nitrogen and oxygen atoms in total. The average molecular weight is 898 g/mol. The van der Waals surface area contributed by atoms with Gasteiger partial charge in [-0.3, -0.25) is 24.7 Å². The van der Waals surface area contributed by atoms with Crippen molar-refractivity contribution in [3.63, 3.8) is 0 Å². The summed E-state index contributed by atoms with van der Waals surface area (Å²) < 4.78 is 5.82. The molecule has 0 aliphatic carbocycles. The summed E-state index contributed by atoms with van der Waals surface area (Å²) in [7, 11) is 0. The largest absolute Gasteiger partial charge is 0.465 e. The fraction of sp³-hybridized carbons (Fsp3) is 0.160. The third kappa shape index (κ3) is 7.55. The Morgan fingerprint density at radius 3 is 1.70 bits per heavy atom. The monoisotopic (exact) mass is 897 g/mol. The van der Waals surface area contributed by atoms with E-state index in [0.717, 1.165) is 16.6 Å². The summed E-state index contributed by atoms with van der Waals surface area (Å²) in [5.74, 6) is 0.152. The van der Waals surface area contributed by atoms with Gasteiger partial charge in [0.1, 0.15) is 11.9 Å². The molecule has 0 saturated carbocycles. The zero-order valence-electron chi connectivity index (χ0n) is 35.7. The Morgan fingerprint density at radius 1 is 0.687 bits per heavy atom. The number of ether oxygens (including phenoxy) is 1. The van der Waals surface area contributed by atoms with E-state index in [2.05, 4.69) is 20.3 Å². The maximum absolute atomic E-state index is 13.4. The van der Waals surface area contributed by atoms with Crippen molar-refractivity contribution in [2.24, 2.45) is 5.73 Å². The summed E-state index contributed by atoms with van der Waals surface area (Å²) >= 11 is 0. The van der Waals surface area contributed by atoms with Crippen LogP contribution in [0.15, 0.2) is 146 Å². The number of benzene rings is 6. The van der Waals surface area contributed by atoms with Crippen LogP contribution in [0.2, 0.25) is 0 Å². The van der Waals surface area contributed by atoms with Gasteiger partial charge < -0.3 is 40.7 Å². The number of nitrogens with one attached hydrogen (secondary N) is 3. The molecule has 5 heterocycles. The first-order valence-electron chi connectivity index (χ1n) is 21.4. The number of carbonyl (C=O) groups is 4. The van der Waals surface area contributed by atoms with Crippen molar-refractivity contribution in [3.05, 3.63) is 196 Å². The van der Waals surface area contributed by atoms with E-state index in [1.165, 1.54) is 14.7 Å². The smallest absolute Gasteiger partial charge is 0.411 e. The van der Waals surface area contributed by atoms with Crippen molar-refractivity contribution in [3.8, 4) is 0 Å². The number of hydrogen-bond donors (Lipinski definition) is 7. The minimum absolute atomic E-state index is 0.0793. The molecule has 3 unspecified atom stereocenters. The van der Waals surface area contributed by atoms with Crippen LogP contribution in [0.25, 0.3) is 22.1 Å². The first kappa shape index (κ1) is 42.6. The second-order valence-corrected chi connectivity index (χ2v) is 16.4. The maximum Gasteiger partial charge on any atom is 0.411 e. The lowest BCUT2D eigenvalue weighted by atomic mass is 9.93. The Morgan fingerprint density at radius 2 is 1.18 bits per heavy atom. The van der Waals surface area contributed by atoms with Gasteiger partial charge in [0.2, 0.25) is 5.95 Å². The molecule has 17 heteroatoms. The molecular weight excluding hydrogens is 855 g/mol. The Balaban J connectivity index is 0.000000159. The van der Waals surface area contributed by atoms with Crippen molar-refractivity contribution < 1.29 is 39.2 Å². The van der Waals surface area contributed by atoms with Crippen LogP contribution in [0.3, 0.4) is 0 Å². The molecule has 0 spiro atoms. The molecule has 336 valence electrons. The van der Waals surface area contributed by atoms with Crippen LogP contribution in [-0.4, -0.2) is 93.6 Å². The lowest BCUT2D eigenvalue weighted by molar-refractivity contribution is -0.0548. The summed E-state index contributed by atoms with van der Waals surface area (Å²) in [6, 6.07) is 43.2. The molecule has 0 bridgehead atoms. The van der Waals surface area contributed by atoms with Gasteiger partial charge in [-0.15, -0.1) is 0 Å². The number of aliphatic hydroxyl groups is 2. The Bertz CT molecular complexity index is 3210. The van der Waals surface area contributed by atoms with Crippen LogP contribution in [-0.2, 0) is 29.3 Å². The molecule has 8 N–H and O–H groups in total. The first-order chi connectivity index (χ1) is 32.4. The number of nitrogens with two attached hydrogens (primary N) is 1. The topological polar surface area (TPSA) is 243 Å². The number of urea groups is 1. The summed E-state index contributed by atoms with van der Waals surface area (Å²) in [6.07, 6.45) is -1.67. The molecule has 2 aromatic heterocycles. The SMILES string of the molecule is NC(=O)N1CCOC(c2nc3cc(C4(O)c5ccccc5C(=O)N4Cc4ccccc4)ccc3[nH]2)C1.O=C(O)Nc1nc2cc(C3(O)c4ccccc4C(=O)N3Cc3ccccc3)ccc2[nH]1. The number of fused-ring (bicyclic) bond motifs is 4. The number of morpholine rings is 1. The zero-order chi connectivity index (χ0) is 46.5. The molecule has 3 aliphatic rings. The molecule has 67 heavy (non-hydrogen) atoms. The number of aromatic nitrogens is 4. The average Bonchev–Trinajstić information content (AvgIpc) is 4.07. The highest BCUT2D eigenvalue weighted by Crippen LogP contribution is 2.45. The number of rotatable bonds is 8. The molecule has 0 radical (unpaired) electrons. The highest BCUT2D eigenvalue weighted by molar-refractivity contribution is 6.01. The number of carbonyl (C=O) groups excluding carboxylic acids is 3. The van der Waals surface area contributed by atoms with Gasteiger partial charge in [-0.1, -0.05) is 109 Å². The zero-order valence-corrected chi connectivity index (χ0v) is 35.7. The maximum atomic E-state index is 13.4. The molecule has 3 aliphatic heterocycles. The lowest BCUT2D eigenvalue weighted by Gasteiger charge is -2.35. The standard InChI is InChI=1S/C27H25N5O4.C23H18N4O4/c28-26(34)31-12-13-36-23(16-31)24-29-21-11-10-18(14-22(21)30-24)27(35)20-9-5-4-8-19(20)25(33)32(27)15-17-6-2-1-3-7-17;28-20-16-8-4-5-9-17(16)23(31,27(20)13-14-6-2-1-3-7-14)15-10-11-18-19(12-15)25-21(24-18)26-22(29)30/h1-11,14,23,35H,12-13,15-16H2,(H2,28,34)(H,29,30);1-12,31H,13H2,(H,29,30)(H2,24,25,26). The van der Waals surface area contributed by atoms with Gasteiger partial charge in [-0.05, 0) is 47.5 Å². The van der Waals surface area contributed by atoms with Crippen molar-refractivity contribution in [2.45, 2.75) is 30.6 Å². The second-order valence-electron chi connectivity index (χ2n) is 16.4. The number of nitrogens with zero attached hydrogens (tertiary/aromatic N) is 5. The Labute approximate surface area is 382 Å². The molecular formula is C50H43N9O8. The van der Waals surface area contributed by atoms with Crippen LogP contribution in [0.5, 0.6) is 0 Å². The number of hydrogen-bond acceptors (Lipinski definition) is 9. The minimum atomic E-state index is -1.70. The van der Waals surface area contributed by atoms with Gasteiger partial charge >= 0.3 is 12.1 Å². The van der Waals surface area contributed by atoms with E-state index in [-0.39, 0.29) is 30.9 Å². The highest BCUT2D eigenvalue weighted by Gasteiger charge is 2.51. The molecule has 1 fully saturated rings. The summed E-state index contributed by atoms with van der Waals surface area (Å²) in [4.78, 5) is 68.7. The van der Waals surface area contributed by atoms with Crippen LogP contribution < -0.4 is 11.1 Å². The molecule has 11 rings (SSSR count). The van der Waals surface area contributed by atoms with E-state index in [4.69, 9.17) is 20.6 Å². The van der Waals surface area contributed by atoms with Gasteiger partial charge in [-0.25, -0.2) is 19.6 Å². The Hall–Kier alpha value is -8.38. The van der Waals surface area contributed by atoms with E-state index in [9.17, 15) is 29.4 Å². The van der Waals surface area contributed by atoms with Crippen LogP contribution >= 0.6 is 0 Å². The van der Waals surface area contributed by atoms with Gasteiger partial charge in [0.05, 0.1) is 35.2 Å². The van der Waals surface area contributed by atoms with Crippen LogP contribution in [0, 0.1) is 0 Å². The predicted octanol–water partition coefficient (Wildman–Crippen LogP) is 6.37. The number of imidazole rings is 2. The summed E-state index contributed by atoms with van der Waals surface area (Å²) in [5.41, 5.74) is 9.25. The van der Waals surface area contributed by atoms with Crippen molar-refractivity contribution in [1.29, 1.82) is 0 Å². The second kappa shape index (κ2) is 16.9. The van der Waals surface area contributed by atoms with Crippen LogP contribution in [0.1, 0.15) is 66.0 Å². The third-order valence-electron chi connectivity index (χ3n) is 12.4. The van der Waals surface area contributed by atoms with E-state index < -0.39 is 29.7 Å². The highest BCUT2D eigenvalue weighted by atomic mass is 16.5. The van der Waals surface area contributed by atoms with Crippen molar-refractivity contribution in [2.75, 3.05) is 25.0 Å². The van der Waals surface area contributed by atoms with Gasteiger partial charge in [0.15, 0.2) is 11.4 Å². The normalized spacial score (nSPS) is 19.9. The van der Waals surface area contributed by atoms with E-state index in [1.807, 2.05) is 72.8 Å². The number of aromatic amines is 2. The van der Waals surface area contributed by atoms with Crippen molar-refractivity contribution >= 4 is 52.0 Å². The summed E-state index contributed by atoms with van der Waals surface area (Å²) in [6.45, 7) is 1.57. The van der Waals surface area contributed by atoms with Gasteiger partial charge in [0.25, 0.3) is 11.8 Å². The number of primary amides is 1. The molecule has 6 aromatic carbocycles. The van der Waals surface area contributed by atoms with Gasteiger partial charge in [-0.2, -0.15) is 0 Å². The van der Waals surface area contributed by atoms with E-state index in [0.29, 0.717) is 75.5 Å². The predicted molar refractivity (Wildman–Crippen MR) is 245 cm³/mol. The molecule has 3 atom stereocenters.